The average Bonchev–Trinajstić information content (AvgIpc) is 2.91. The molecule has 2 aromatic rings. The monoisotopic (exact) mass is 325 g/mol. The molecule has 0 atom stereocenters. The van der Waals surface area contributed by atoms with Crippen molar-refractivity contribution in [3.8, 4) is 0 Å². The third-order valence-corrected chi connectivity index (χ3v) is 4.19. The summed E-state index contributed by atoms with van der Waals surface area (Å²) >= 11 is 11.9. The van der Waals surface area contributed by atoms with E-state index < -0.39 is 11.5 Å². The number of hydrogen-bond donors (Lipinski definition) is 1. The number of amides is 1. The van der Waals surface area contributed by atoms with E-state index >= 15 is 0 Å². The second-order valence-electron chi connectivity index (χ2n) is 5.21. The molecule has 1 heterocycles. The van der Waals surface area contributed by atoms with Gasteiger partial charge in [0.15, 0.2) is 5.58 Å². The predicted octanol–water partition coefficient (Wildman–Crippen LogP) is 3.77. The summed E-state index contributed by atoms with van der Waals surface area (Å²) in [4.78, 5) is 24.2. The molecule has 0 saturated heterocycles. The highest BCUT2D eigenvalue weighted by molar-refractivity contribution is 6.38. The minimum atomic E-state index is -0.692. The SMILES string of the molecule is O=C(NC1CCCC1)c1cc2cc(Cl)cc(Cl)c2oc1=O. The highest BCUT2D eigenvalue weighted by atomic mass is 35.5. The molecule has 21 heavy (non-hydrogen) atoms. The van der Waals surface area contributed by atoms with Crippen LogP contribution in [0.1, 0.15) is 36.0 Å². The van der Waals surface area contributed by atoms with E-state index in [1.54, 1.807) is 6.07 Å². The van der Waals surface area contributed by atoms with Crippen molar-refractivity contribution in [2.75, 3.05) is 0 Å². The highest BCUT2D eigenvalue weighted by Gasteiger charge is 2.21. The Morgan fingerprint density at radius 1 is 1.19 bits per heavy atom. The molecule has 6 heteroatoms. The van der Waals surface area contributed by atoms with Crippen molar-refractivity contribution in [1.29, 1.82) is 0 Å². The Hall–Kier alpha value is -1.52. The molecule has 1 aromatic heterocycles. The van der Waals surface area contributed by atoms with Crippen LogP contribution in [-0.4, -0.2) is 11.9 Å². The summed E-state index contributed by atoms with van der Waals surface area (Å²) in [5.74, 6) is -0.409. The highest BCUT2D eigenvalue weighted by Crippen LogP contribution is 2.27. The van der Waals surface area contributed by atoms with Crippen molar-refractivity contribution in [2.45, 2.75) is 31.7 Å². The first kappa shape index (κ1) is 14.4. The second kappa shape index (κ2) is 5.70. The van der Waals surface area contributed by atoms with E-state index in [1.807, 2.05) is 0 Å². The first-order valence-electron chi connectivity index (χ1n) is 6.78. The molecule has 4 nitrogen and oxygen atoms in total. The van der Waals surface area contributed by atoms with Gasteiger partial charge < -0.3 is 9.73 Å². The van der Waals surface area contributed by atoms with Gasteiger partial charge in [-0.3, -0.25) is 4.79 Å². The molecular weight excluding hydrogens is 313 g/mol. The fourth-order valence-corrected chi connectivity index (χ4v) is 3.20. The largest absolute Gasteiger partial charge is 0.421 e. The Labute approximate surface area is 131 Å². The van der Waals surface area contributed by atoms with E-state index in [-0.39, 0.29) is 22.2 Å². The van der Waals surface area contributed by atoms with Crippen molar-refractivity contribution in [1.82, 2.24) is 5.32 Å². The molecule has 0 bridgehead atoms. The van der Waals surface area contributed by atoms with Crippen molar-refractivity contribution in [3.05, 3.63) is 44.2 Å². The summed E-state index contributed by atoms with van der Waals surface area (Å²) < 4.78 is 5.16. The minimum absolute atomic E-state index is 0.0206. The normalized spacial score (nSPS) is 15.5. The molecule has 0 radical (unpaired) electrons. The van der Waals surface area contributed by atoms with Gasteiger partial charge >= 0.3 is 5.63 Å². The molecule has 0 aliphatic heterocycles. The van der Waals surface area contributed by atoms with Gasteiger partial charge in [-0.25, -0.2) is 4.79 Å². The number of fused-ring (bicyclic) bond motifs is 1. The molecule has 3 rings (SSSR count). The molecule has 1 fully saturated rings. The zero-order chi connectivity index (χ0) is 15.0. The molecular formula is C15H13Cl2NO3. The number of nitrogens with one attached hydrogen (secondary N) is 1. The molecule has 110 valence electrons. The molecule has 0 unspecified atom stereocenters. The maximum atomic E-state index is 12.2. The third-order valence-electron chi connectivity index (χ3n) is 3.69. The Morgan fingerprint density at radius 2 is 1.90 bits per heavy atom. The summed E-state index contributed by atoms with van der Waals surface area (Å²) in [7, 11) is 0. The molecule has 1 aliphatic rings. The standard InChI is InChI=1S/C15H13Cl2NO3/c16-9-5-8-6-11(14(19)18-10-3-1-2-4-10)15(20)21-13(8)12(17)7-9/h5-7,10H,1-4H2,(H,18,19). The van der Waals surface area contributed by atoms with Crippen LogP contribution in [0.3, 0.4) is 0 Å². The maximum absolute atomic E-state index is 12.2. The van der Waals surface area contributed by atoms with Gasteiger partial charge in [-0.05, 0) is 31.0 Å². The third kappa shape index (κ3) is 2.92. The molecule has 1 saturated carbocycles. The lowest BCUT2D eigenvalue weighted by Crippen LogP contribution is -2.35. The van der Waals surface area contributed by atoms with E-state index in [2.05, 4.69) is 5.32 Å². The number of halogens is 2. The lowest BCUT2D eigenvalue weighted by Gasteiger charge is -2.11. The quantitative estimate of drug-likeness (QED) is 0.855. The number of benzene rings is 1. The van der Waals surface area contributed by atoms with Crippen molar-refractivity contribution >= 4 is 40.1 Å². The summed E-state index contributed by atoms with van der Waals surface area (Å²) in [6, 6.07) is 4.71. The zero-order valence-corrected chi connectivity index (χ0v) is 12.6. The van der Waals surface area contributed by atoms with E-state index in [1.165, 1.54) is 12.1 Å². The fourth-order valence-electron chi connectivity index (χ4n) is 2.65. The Kier molecular flexibility index (Phi) is 3.91. The van der Waals surface area contributed by atoms with Crippen molar-refractivity contribution in [2.24, 2.45) is 0 Å². The van der Waals surface area contributed by atoms with E-state index in [0.29, 0.717) is 10.4 Å². The van der Waals surface area contributed by atoms with Crippen LogP contribution in [0.4, 0.5) is 0 Å². The van der Waals surface area contributed by atoms with Crippen molar-refractivity contribution < 1.29 is 9.21 Å². The van der Waals surface area contributed by atoms with Gasteiger partial charge in [0.2, 0.25) is 0 Å². The number of carbonyl (C=O) groups excluding carboxylic acids is 1. The molecule has 1 amide bonds. The van der Waals surface area contributed by atoms with Crippen LogP contribution in [-0.2, 0) is 0 Å². The van der Waals surface area contributed by atoms with Crippen LogP contribution >= 0.6 is 23.2 Å². The maximum Gasteiger partial charge on any atom is 0.349 e. The van der Waals surface area contributed by atoms with Crippen LogP contribution in [0.15, 0.2) is 27.4 Å². The van der Waals surface area contributed by atoms with Gasteiger partial charge in [-0.1, -0.05) is 36.0 Å². The molecule has 1 aliphatic carbocycles. The van der Waals surface area contributed by atoms with Gasteiger partial charge in [0.1, 0.15) is 5.56 Å². The molecule has 1 N–H and O–H groups in total. The number of hydrogen-bond acceptors (Lipinski definition) is 3. The van der Waals surface area contributed by atoms with Crippen LogP contribution < -0.4 is 10.9 Å². The van der Waals surface area contributed by atoms with Gasteiger partial charge in [0, 0.05) is 16.5 Å². The lowest BCUT2D eigenvalue weighted by atomic mass is 10.1. The zero-order valence-electron chi connectivity index (χ0n) is 11.1. The first-order chi connectivity index (χ1) is 10.0. The first-order valence-corrected chi connectivity index (χ1v) is 7.54. The topological polar surface area (TPSA) is 59.3 Å². The number of carbonyl (C=O) groups is 1. The van der Waals surface area contributed by atoms with Gasteiger partial charge in [-0.15, -0.1) is 0 Å². The Balaban J connectivity index is 2.00. The minimum Gasteiger partial charge on any atom is -0.421 e. The Morgan fingerprint density at radius 3 is 2.62 bits per heavy atom. The molecule has 0 spiro atoms. The number of rotatable bonds is 2. The Bertz CT molecular complexity index is 763. The fraction of sp³-hybridized carbons (Fsp3) is 0.333. The van der Waals surface area contributed by atoms with Gasteiger partial charge in [0.25, 0.3) is 5.91 Å². The van der Waals surface area contributed by atoms with Gasteiger partial charge in [0.05, 0.1) is 5.02 Å². The van der Waals surface area contributed by atoms with Crippen LogP contribution in [0, 0.1) is 0 Å². The second-order valence-corrected chi connectivity index (χ2v) is 6.05. The lowest BCUT2D eigenvalue weighted by molar-refractivity contribution is 0.0934. The van der Waals surface area contributed by atoms with Crippen LogP contribution in [0.25, 0.3) is 11.0 Å². The predicted molar refractivity (Wildman–Crippen MR) is 82.2 cm³/mol. The summed E-state index contributed by atoms with van der Waals surface area (Å²) in [6.45, 7) is 0. The molecule has 1 aromatic carbocycles. The average molecular weight is 326 g/mol. The van der Waals surface area contributed by atoms with Crippen molar-refractivity contribution in [3.63, 3.8) is 0 Å². The van der Waals surface area contributed by atoms with E-state index in [9.17, 15) is 9.59 Å². The summed E-state index contributed by atoms with van der Waals surface area (Å²) in [5.41, 5.74) is -0.474. The van der Waals surface area contributed by atoms with Crippen LogP contribution in [0.5, 0.6) is 0 Å². The van der Waals surface area contributed by atoms with E-state index in [0.717, 1.165) is 25.7 Å². The summed E-state index contributed by atoms with van der Waals surface area (Å²) in [6.07, 6.45) is 4.09. The smallest absolute Gasteiger partial charge is 0.349 e. The van der Waals surface area contributed by atoms with E-state index in [4.69, 9.17) is 27.6 Å². The summed E-state index contributed by atoms with van der Waals surface area (Å²) in [5, 5.41) is 4.06. The van der Waals surface area contributed by atoms with Gasteiger partial charge in [-0.2, -0.15) is 0 Å². The van der Waals surface area contributed by atoms with Crippen LogP contribution in [0.2, 0.25) is 10.0 Å².